The van der Waals surface area contributed by atoms with Crippen LogP contribution in [-0.4, -0.2) is 0 Å². The highest BCUT2D eigenvalue weighted by molar-refractivity contribution is 9.10. The lowest BCUT2D eigenvalue weighted by molar-refractivity contribution is 1.55. The van der Waals surface area contributed by atoms with Crippen LogP contribution in [0.3, 0.4) is 0 Å². The Labute approximate surface area is 332 Å². The van der Waals surface area contributed by atoms with Crippen LogP contribution in [0.2, 0.25) is 0 Å². The Morgan fingerprint density at radius 3 is 1.07 bits per heavy atom. The molecular formula is C54H39Br. The Morgan fingerprint density at radius 2 is 0.673 bits per heavy atom. The van der Waals surface area contributed by atoms with Gasteiger partial charge in [-0.15, -0.1) is 0 Å². The topological polar surface area (TPSA) is 0 Å². The summed E-state index contributed by atoms with van der Waals surface area (Å²) >= 11 is 3.82. The minimum atomic E-state index is 1.09. The van der Waals surface area contributed by atoms with Crippen LogP contribution < -0.4 is 0 Å². The van der Waals surface area contributed by atoms with E-state index in [1.54, 1.807) is 0 Å². The fraction of sp³-hybridized carbons (Fsp3) is 0. The molecule has 8 rings (SSSR count). The molecule has 1 heteroatoms. The lowest BCUT2D eigenvalue weighted by Gasteiger charge is -2.10. The second-order valence-electron chi connectivity index (χ2n) is 13.5. The first-order valence-electron chi connectivity index (χ1n) is 18.6. The summed E-state index contributed by atoms with van der Waals surface area (Å²) in [5.74, 6) is 0. The molecule has 0 spiro atoms. The van der Waals surface area contributed by atoms with Crippen molar-refractivity contribution in [2.24, 2.45) is 0 Å². The minimum absolute atomic E-state index is 1.09. The van der Waals surface area contributed by atoms with Crippen molar-refractivity contribution in [1.29, 1.82) is 0 Å². The lowest BCUT2D eigenvalue weighted by atomic mass is 9.95. The van der Waals surface area contributed by atoms with Gasteiger partial charge in [0.15, 0.2) is 0 Å². The van der Waals surface area contributed by atoms with Gasteiger partial charge in [0, 0.05) is 4.47 Å². The average molecular weight is 768 g/mol. The molecule has 0 nitrogen and oxygen atoms in total. The minimum Gasteiger partial charge on any atom is -0.0622 e. The molecule has 0 aromatic heterocycles. The van der Waals surface area contributed by atoms with E-state index in [1.165, 1.54) is 66.4 Å². The van der Waals surface area contributed by atoms with E-state index in [0.717, 1.165) is 15.6 Å². The van der Waals surface area contributed by atoms with Crippen LogP contribution >= 0.6 is 15.9 Å². The van der Waals surface area contributed by atoms with Gasteiger partial charge in [-0.05, 0) is 95.8 Å². The zero-order valence-corrected chi connectivity index (χ0v) is 32.0. The van der Waals surface area contributed by atoms with Crippen LogP contribution in [0.4, 0.5) is 0 Å². The molecule has 0 bridgehead atoms. The standard InChI is InChI=1S/C54H39Br/c55-53-37-36-49(35-33-41-26-30-43(31-27-41)39-52(46-18-9-3-10-19-46)47-20-11-4-12-21-47)54-48(22-13-23-50(53)54)34-32-40-24-28-42(29-25-40)38-51(44-14-5-1-6-15-44)45-16-7-2-8-17-45/h1-39H. The van der Waals surface area contributed by atoms with Crippen molar-refractivity contribution in [1.82, 2.24) is 0 Å². The molecule has 0 aliphatic carbocycles. The van der Waals surface area contributed by atoms with Gasteiger partial charge in [-0.2, -0.15) is 0 Å². The van der Waals surface area contributed by atoms with Gasteiger partial charge in [0.1, 0.15) is 0 Å². The van der Waals surface area contributed by atoms with Crippen molar-refractivity contribution < 1.29 is 0 Å². The molecule has 0 heterocycles. The van der Waals surface area contributed by atoms with E-state index in [0.29, 0.717) is 0 Å². The predicted octanol–water partition coefficient (Wildman–Crippen LogP) is 15.1. The molecule has 0 saturated carbocycles. The van der Waals surface area contributed by atoms with Crippen LogP contribution in [-0.2, 0) is 0 Å². The van der Waals surface area contributed by atoms with E-state index < -0.39 is 0 Å². The average Bonchev–Trinajstić information content (AvgIpc) is 3.26. The van der Waals surface area contributed by atoms with E-state index in [2.05, 4.69) is 253 Å². The SMILES string of the molecule is Brc1ccc(C=Cc2ccc(C=C(c3ccccc3)c3ccccc3)cc2)c2c(C=Cc3ccc(C=C(c4ccccc4)c4ccccc4)cc3)cccc12. The van der Waals surface area contributed by atoms with E-state index >= 15 is 0 Å². The molecule has 0 fully saturated rings. The van der Waals surface area contributed by atoms with Crippen LogP contribution in [0.15, 0.2) is 205 Å². The van der Waals surface area contributed by atoms with E-state index in [-0.39, 0.29) is 0 Å². The first-order chi connectivity index (χ1) is 27.2. The Hall–Kier alpha value is -6.54. The van der Waals surface area contributed by atoms with Gasteiger partial charge in [-0.3, -0.25) is 0 Å². The predicted molar refractivity (Wildman–Crippen MR) is 242 cm³/mol. The molecule has 55 heavy (non-hydrogen) atoms. The molecule has 262 valence electrons. The van der Waals surface area contributed by atoms with Crippen molar-refractivity contribution in [3.05, 3.63) is 260 Å². The first kappa shape index (κ1) is 35.5. The zero-order valence-electron chi connectivity index (χ0n) is 30.4. The molecule has 8 aromatic carbocycles. The molecule has 0 amide bonds. The maximum absolute atomic E-state index is 3.82. The third-order valence-electron chi connectivity index (χ3n) is 9.80. The number of fused-ring (bicyclic) bond motifs is 1. The molecule has 0 unspecified atom stereocenters. The zero-order chi connectivity index (χ0) is 37.2. The summed E-state index contributed by atoms with van der Waals surface area (Å²) in [7, 11) is 0. The Kier molecular flexibility index (Phi) is 11.0. The van der Waals surface area contributed by atoms with Crippen molar-refractivity contribution >= 4 is 74.3 Å². The maximum atomic E-state index is 3.82. The van der Waals surface area contributed by atoms with Gasteiger partial charge >= 0.3 is 0 Å². The van der Waals surface area contributed by atoms with E-state index in [1.807, 2.05) is 0 Å². The molecule has 8 aromatic rings. The van der Waals surface area contributed by atoms with E-state index in [4.69, 9.17) is 0 Å². The van der Waals surface area contributed by atoms with Gasteiger partial charge in [-0.1, -0.05) is 234 Å². The number of halogens is 1. The normalized spacial score (nSPS) is 11.2. The molecule has 0 atom stereocenters. The second kappa shape index (κ2) is 17.1. The Balaban J connectivity index is 1.05. The van der Waals surface area contributed by atoms with Crippen molar-refractivity contribution in [3.63, 3.8) is 0 Å². The lowest BCUT2D eigenvalue weighted by Crippen LogP contribution is -1.88. The number of hydrogen-bond acceptors (Lipinski definition) is 0. The number of benzene rings is 8. The highest BCUT2D eigenvalue weighted by Crippen LogP contribution is 2.33. The molecule has 0 aliphatic rings. The summed E-state index contributed by atoms with van der Waals surface area (Å²) in [5, 5.41) is 2.41. The van der Waals surface area contributed by atoms with Crippen molar-refractivity contribution in [2.75, 3.05) is 0 Å². The Bertz CT molecular complexity index is 2390. The fourth-order valence-corrected chi connectivity index (χ4v) is 7.42. The highest BCUT2D eigenvalue weighted by Gasteiger charge is 2.09. The largest absolute Gasteiger partial charge is 0.0622 e. The van der Waals surface area contributed by atoms with Gasteiger partial charge in [0.05, 0.1) is 0 Å². The third-order valence-corrected chi connectivity index (χ3v) is 10.5. The van der Waals surface area contributed by atoms with Crippen LogP contribution in [0.5, 0.6) is 0 Å². The summed E-state index contributed by atoms with van der Waals surface area (Å²) < 4.78 is 1.09. The smallest absolute Gasteiger partial charge is 0.0254 e. The van der Waals surface area contributed by atoms with Gasteiger partial charge < -0.3 is 0 Å². The summed E-state index contributed by atoms with van der Waals surface area (Å²) in [6, 6.07) is 70.8. The summed E-state index contributed by atoms with van der Waals surface area (Å²) in [6.45, 7) is 0. The molecule has 0 aliphatic heterocycles. The molecule has 0 radical (unpaired) electrons. The maximum Gasteiger partial charge on any atom is 0.0254 e. The fourth-order valence-electron chi connectivity index (χ4n) is 6.95. The van der Waals surface area contributed by atoms with Gasteiger partial charge in [-0.25, -0.2) is 0 Å². The van der Waals surface area contributed by atoms with E-state index in [9.17, 15) is 0 Å². The number of rotatable bonds is 10. The van der Waals surface area contributed by atoms with Crippen LogP contribution in [0.25, 0.3) is 58.4 Å². The Morgan fingerprint density at radius 1 is 0.309 bits per heavy atom. The summed E-state index contributed by atoms with van der Waals surface area (Å²) in [4.78, 5) is 0. The summed E-state index contributed by atoms with van der Waals surface area (Å²) in [5.41, 5.74) is 14.2. The van der Waals surface area contributed by atoms with Crippen LogP contribution in [0.1, 0.15) is 55.6 Å². The monoisotopic (exact) mass is 766 g/mol. The van der Waals surface area contributed by atoms with Crippen molar-refractivity contribution in [3.8, 4) is 0 Å². The quantitative estimate of drug-likeness (QED) is 0.122. The second-order valence-corrected chi connectivity index (χ2v) is 14.3. The van der Waals surface area contributed by atoms with Crippen LogP contribution in [0, 0.1) is 0 Å². The third kappa shape index (κ3) is 8.65. The molecule has 0 N–H and O–H groups in total. The van der Waals surface area contributed by atoms with Gasteiger partial charge in [0.25, 0.3) is 0 Å². The molecule has 0 saturated heterocycles. The number of hydrogen-bond donors (Lipinski definition) is 0. The van der Waals surface area contributed by atoms with Gasteiger partial charge in [0.2, 0.25) is 0 Å². The highest BCUT2D eigenvalue weighted by atomic mass is 79.9. The first-order valence-corrected chi connectivity index (χ1v) is 19.4. The summed E-state index contributed by atoms with van der Waals surface area (Å²) in [6.07, 6.45) is 13.4. The van der Waals surface area contributed by atoms with Crippen molar-refractivity contribution in [2.45, 2.75) is 0 Å². The molecular weight excluding hydrogens is 728 g/mol.